The van der Waals surface area contributed by atoms with Crippen LogP contribution in [0.1, 0.15) is 22.3 Å². The third-order valence-electron chi connectivity index (χ3n) is 13.0. The molecule has 2 heteroatoms. The van der Waals surface area contributed by atoms with Gasteiger partial charge in [-0.3, -0.25) is 0 Å². The molecule has 0 amide bonds. The van der Waals surface area contributed by atoms with E-state index in [1.54, 1.807) is 0 Å². The van der Waals surface area contributed by atoms with Crippen LogP contribution in [0.25, 0.3) is 66.4 Å². The van der Waals surface area contributed by atoms with Crippen molar-refractivity contribution >= 4 is 39.0 Å². The SMILES string of the molecule is c1ccc(-c2ccccc2N(c2ccc(-c3cccc4c3oc3c(-c5ccccc5)cccc34)cc2)c2ccc(C3(c4ccccc4)c4ccccc4-c4ccccc43)cc2)cc1. The van der Waals surface area contributed by atoms with Crippen LogP contribution in [0.4, 0.5) is 17.1 Å². The van der Waals surface area contributed by atoms with Crippen LogP contribution in [0.3, 0.4) is 0 Å². The normalized spacial score (nSPS) is 12.6. The molecule has 0 atom stereocenters. The first-order valence-corrected chi connectivity index (χ1v) is 21.7. The highest BCUT2D eigenvalue weighted by atomic mass is 16.3. The van der Waals surface area contributed by atoms with Gasteiger partial charge in [0.1, 0.15) is 11.2 Å². The predicted molar refractivity (Wildman–Crippen MR) is 262 cm³/mol. The maximum Gasteiger partial charge on any atom is 0.143 e. The Labute approximate surface area is 367 Å². The van der Waals surface area contributed by atoms with Crippen LogP contribution in [-0.2, 0) is 5.41 Å². The van der Waals surface area contributed by atoms with Crippen LogP contribution < -0.4 is 4.90 Å². The summed E-state index contributed by atoms with van der Waals surface area (Å²) in [6.07, 6.45) is 0. The van der Waals surface area contributed by atoms with E-state index in [0.717, 1.165) is 66.8 Å². The number of fused-ring (bicyclic) bond motifs is 6. The molecule has 0 fully saturated rings. The Kier molecular flexibility index (Phi) is 8.76. The number of para-hydroxylation sites is 3. The molecule has 2 nitrogen and oxygen atoms in total. The lowest BCUT2D eigenvalue weighted by atomic mass is 9.68. The minimum atomic E-state index is -0.471. The monoisotopic (exact) mass is 803 g/mol. The summed E-state index contributed by atoms with van der Waals surface area (Å²) >= 11 is 0. The van der Waals surface area contributed by atoms with E-state index in [1.165, 1.54) is 38.9 Å². The molecule has 0 radical (unpaired) electrons. The first kappa shape index (κ1) is 36.6. The fourth-order valence-corrected chi connectivity index (χ4v) is 10.2. The molecule has 0 spiro atoms. The Morgan fingerprint density at radius 2 is 0.683 bits per heavy atom. The Morgan fingerprint density at radius 1 is 0.286 bits per heavy atom. The predicted octanol–water partition coefficient (Wildman–Crippen LogP) is 16.4. The number of benzene rings is 10. The van der Waals surface area contributed by atoms with Gasteiger partial charge in [-0.05, 0) is 80.4 Å². The molecule has 11 aromatic rings. The van der Waals surface area contributed by atoms with E-state index in [0.29, 0.717) is 0 Å². The van der Waals surface area contributed by atoms with Gasteiger partial charge in [0.2, 0.25) is 0 Å². The summed E-state index contributed by atoms with van der Waals surface area (Å²) in [4.78, 5) is 2.40. The quantitative estimate of drug-likeness (QED) is 0.152. The zero-order valence-corrected chi connectivity index (χ0v) is 34.5. The fraction of sp³-hybridized carbons (Fsp3) is 0.0164. The number of rotatable bonds is 8. The fourth-order valence-electron chi connectivity index (χ4n) is 10.2. The van der Waals surface area contributed by atoms with Gasteiger partial charge in [0.15, 0.2) is 0 Å². The standard InChI is InChI=1S/C61H41NO/c1-4-18-42(19-5-1)49-24-12-15-33-58(49)62(47-38-34-44(35-39-47)51-28-17-30-55-54-29-16-27-50(59(54)63-60(51)55)43-20-6-2-7-21-43)48-40-36-46(37-41-48)61(45-22-8-3-9-23-45)56-31-13-10-25-52(56)53-26-11-14-32-57(53)61/h1-41H. The van der Waals surface area contributed by atoms with Crippen molar-refractivity contribution in [3.63, 3.8) is 0 Å². The summed E-state index contributed by atoms with van der Waals surface area (Å²) in [5.74, 6) is 0. The molecule has 0 saturated heterocycles. The summed E-state index contributed by atoms with van der Waals surface area (Å²) in [7, 11) is 0. The molecule has 0 unspecified atom stereocenters. The van der Waals surface area contributed by atoms with Crippen LogP contribution in [0.15, 0.2) is 253 Å². The molecule has 0 saturated carbocycles. The van der Waals surface area contributed by atoms with E-state index >= 15 is 0 Å². The van der Waals surface area contributed by atoms with Crippen LogP contribution in [0.2, 0.25) is 0 Å². The van der Waals surface area contributed by atoms with Crippen LogP contribution in [0, 0.1) is 0 Å². The number of hydrogen-bond donors (Lipinski definition) is 0. The Morgan fingerprint density at radius 3 is 1.24 bits per heavy atom. The summed E-state index contributed by atoms with van der Waals surface area (Å²) in [5, 5.41) is 2.24. The van der Waals surface area contributed by atoms with Crippen LogP contribution in [0.5, 0.6) is 0 Å². The van der Waals surface area contributed by atoms with Gasteiger partial charge in [-0.15, -0.1) is 0 Å². The van der Waals surface area contributed by atoms with E-state index in [2.05, 4.69) is 254 Å². The number of furan rings is 1. The highest BCUT2D eigenvalue weighted by molar-refractivity contribution is 6.13. The van der Waals surface area contributed by atoms with Gasteiger partial charge in [-0.25, -0.2) is 0 Å². The zero-order chi connectivity index (χ0) is 41.7. The highest BCUT2D eigenvalue weighted by Gasteiger charge is 2.45. The summed E-state index contributed by atoms with van der Waals surface area (Å²) in [6, 6.07) is 90.0. The van der Waals surface area contributed by atoms with Gasteiger partial charge in [-0.2, -0.15) is 0 Å². The third kappa shape index (κ3) is 5.87. The van der Waals surface area contributed by atoms with Gasteiger partial charge >= 0.3 is 0 Å². The van der Waals surface area contributed by atoms with Crippen molar-refractivity contribution in [1.82, 2.24) is 0 Å². The van der Waals surface area contributed by atoms with Gasteiger partial charge in [-0.1, -0.05) is 218 Å². The smallest absolute Gasteiger partial charge is 0.143 e. The lowest BCUT2D eigenvalue weighted by Gasteiger charge is -2.34. The highest BCUT2D eigenvalue weighted by Crippen LogP contribution is 2.56. The maximum absolute atomic E-state index is 6.83. The van der Waals surface area contributed by atoms with Crippen LogP contribution in [-0.4, -0.2) is 0 Å². The Bertz CT molecular complexity index is 3380. The first-order valence-electron chi connectivity index (χ1n) is 21.7. The molecule has 10 aromatic carbocycles. The second-order valence-corrected chi connectivity index (χ2v) is 16.4. The van der Waals surface area contributed by atoms with Crippen molar-refractivity contribution in [2.45, 2.75) is 5.41 Å². The average molecular weight is 804 g/mol. The van der Waals surface area contributed by atoms with E-state index in [-0.39, 0.29) is 0 Å². The molecule has 1 aliphatic rings. The molecular formula is C61H41NO. The first-order chi connectivity index (χ1) is 31.3. The van der Waals surface area contributed by atoms with E-state index in [9.17, 15) is 0 Å². The number of nitrogens with zero attached hydrogens (tertiary/aromatic N) is 1. The summed E-state index contributed by atoms with van der Waals surface area (Å²) in [5.41, 5.74) is 19.0. The zero-order valence-electron chi connectivity index (χ0n) is 34.5. The minimum absolute atomic E-state index is 0.471. The molecular weight excluding hydrogens is 763 g/mol. The molecule has 12 rings (SSSR count). The molecule has 296 valence electrons. The molecule has 1 aliphatic carbocycles. The van der Waals surface area contributed by atoms with Crippen molar-refractivity contribution in [2.75, 3.05) is 4.90 Å². The average Bonchev–Trinajstić information content (AvgIpc) is 3.90. The third-order valence-corrected chi connectivity index (χ3v) is 13.0. The van der Waals surface area contributed by atoms with Crippen LogP contribution >= 0.6 is 0 Å². The lowest BCUT2D eigenvalue weighted by Crippen LogP contribution is -2.28. The van der Waals surface area contributed by atoms with E-state index in [4.69, 9.17) is 4.42 Å². The Balaban J connectivity index is 1.01. The van der Waals surface area contributed by atoms with Gasteiger partial charge in [0.05, 0.1) is 11.1 Å². The minimum Gasteiger partial charge on any atom is -0.455 e. The second-order valence-electron chi connectivity index (χ2n) is 16.4. The van der Waals surface area contributed by atoms with E-state index in [1.807, 2.05) is 0 Å². The summed E-state index contributed by atoms with van der Waals surface area (Å²) in [6.45, 7) is 0. The molecule has 1 aromatic heterocycles. The molecule has 0 N–H and O–H groups in total. The van der Waals surface area contributed by atoms with Gasteiger partial charge in [0, 0.05) is 38.8 Å². The molecule has 1 heterocycles. The maximum atomic E-state index is 6.83. The van der Waals surface area contributed by atoms with Crippen molar-refractivity contribution in [3.05, 3.63) is 271 Å². The topological polar surface area (TPSA) is 16.4 Å². The van der Waals surface area contributed by atoms with Gasteiger partial charge < -0.3 is 9.32 Å². The van der Waals surface area contributed by atoms with Crippen molar-refractivity contribution < 1.29 is 4.42 Å². The van der Waals surface area contributed by atoms with Crippen molar-refractivity contribution in [3.8, 4) is 44.5 Å². The van der Waals surface area contributed by atoms with Crippen molar-refractivity contribution in [1.29, 1.82) is 0 Å². The van der Waals surface area contributed by atoms with Gasteiger partial charge in [0.25, 0.3) is 0 Å². The summed E-state index contributed by atoms with van der Waals surface area (Å²) < 4.78 is 6.83. The number of hydrogen-bond acceptors (Lipinski definition) is 2. The Hall–Kier alpha value is -8.20. The van der Waals surface area contributed by atoms with Crippen molar-refractivity contribution in [2.24, 2.45) is 0 Å². The molecule has 0 aliphatic heterocycles. The second kappa shape index (κ2) is 15.1. The number of anilines is 3. The van der Waals surface area contributed by atoms with E-state index < -0.39 is 5.41 Å². The largest absolute Gasteiger partial charge is 0.455 e. The lowest BCUT2D eigenvalue weighted by molar-refractivity contribution is 0.671. The molecule has 63 heavy (non-hydrogen) atoms. The molecule has 0 bridgehead atoms.